The molecule has 3 N–H and O–H groups in total. The molecule has 0 aliphatic carbocycles. The quantitative estimate of drug-likeness (QED) is 0.0243. The molecule has 0 bridgehead atoms. The normalized spacial score (nSPS) is 13.7. The number of aliphatic hydroxyl groups is 1. The number of aliphatic hydroxyl groups excluding tert-OH is 1. The minimum Gasteiger partial charge on any atom is -0.387 e. The highest BCUT2D eigenvalue weighted by molar-refractivity contribution is 7.47. The second-order valence-electron chi connectivity index (χ2n) is 27.0. The molecule has 0 aromatic carbocycles. The maximum Gasteiger partial charge on any atom is 0.472 e. The summed E-state index contributed by atoms with van der Waals surface area (Å²) in [7, 11) is 1.59. The van der Waals surface area contributed by atoms with Crippen LogP contribution in [-0.2, 0) is 18.4 Å². The smallest absolute Gasteiger partial charge is 0.387 e. The molecule has 0 heterocycles. The second-order valence-corrected chi connectivity index (χ2v) is 28.5. The van der Waals surface area contributed by atoms with E-state index in [1.807, 2.05) is 27.2 Å². The Hall–Kier alpha value is -1.02. The van der Waals surface area contributed by atoms with Crippen molar-refractivity contribution in [3.8, 4) is 0 Å². The maximum atomic E-state index is 13.1. The van der Waals surface area contributed by atoms with Crippen molar-refractivity contribution in [1.29, 1.82) is 0 Å². The van der Waals surface area contributed by atoms with E-state index in [4.69, 9.17) is 9.05 Å². The van der Waals surface area contributed by atoms with Gasteiger partial charge in [0.25, 0.3) is 0 Å². The molecule has 0 aromatic rings. The molecule has 0 spiro atoms. The van der Waals surface area contributed by atoms with E-state index in [2.05, 4.69) is 31.3 Å². The average molecular weight is 1190 g/mol. The summed E-state index contributed by atoms with van der Waals surface area (Å²) in [5.41, 5.74) is 0. The summed E-state index contributed by atoms with van der Waals surface area (Å²) in [5.74, 6) is -0.167. The van der Waals surface area contributed by atoms with Crippen LogP contribution in [0.25, 0.3) is 0 Å². The number of allylic oxidation sites excluding steroid dienone is 3. The fourth-order valence-corrected chi connectivity index (χ4v) is 12.4. The van der Waals surface area contributed by atoms with Crippen LogP contribution in [0.15, 0.2) is 24.3 Å². The molecule has 3 unspecified atom stereocenters. The zero-order valence-electron chi connectivity index (χ0n) is 56.7. The van der Waals surface area contributed by atoms with Gasteiger partial charge in [0.15, 0.2) is 0 Å². The van der Waals surface area contributed by atoms with Gasteiger partial charge in [-0.15, -0.1) is 0 Å². The van der Waals surface area contributed by atoms with Crippen molar-refractivity contribution in [2.24, 2.45) is 0 Å². The summed E-state index contributed by atoms with van der Waals surface area (Å²) in [6, 6.07) is -0.845. The van der Waals surface area contributed by atoms with Crippen molar-refractivity contribution in [2.75, 3.05) is 40.9 Å². The van der Waals surface area contributed by atoms with E-state index in [0.29, 0.717) is 17.4 Å². The molecule has 0 saturated carbocycles. The van der Waals surface area contributed by atoms with Crippen molar-refractivity contribution in [2.45, 2.75) is 405 Å². The first-order valence-electron chi connectivity index (χ1n) is 37.2. The van der Waals surface area contributed by atoms with E-state index in [-0.39, 0.29) is 19.1 Å². The molecule has 494 valence electrons. The largest absolute Gasteiger partial charge is 0.472 e. The Labute approximate surface area is 519 Å². The monoisotopic (exact) mass is 1190 g/mol. The number of carbonyl (C=O) groups is 1. The number of likely N-dealkylation sites (N-methyl/N-ethyl adjacent to an activating group) is 1. The lowest BCUT2D eigenvalue weighted by Gasteiger charge is -2.25. The first kappa shape index (κ1) is 82.0. The van der Waals surface area contributed by atoms with Crippen LogP contribution in [0.1, 0.15) is 393 Å². The van der Waals surface area contributed by atoms with Gasteiger partial charge in [0.05, 0.1) is 39.9 Å². The molecule has 0 aromatic heterocycles. The number of phosphoric ester groups is 1. The molecule has 83 heavy (non-hydrogen) atoms. The topological polar surface area (TPSA) is 105 Å². The summed E-state index contributed by atoms with van der Waals surface area (Å²) in [4.78, 5) is 23.5. The van der Waals surface area contributed by atoms with Gasteiger partial charge in [-0.1, -0.05) is 366 Å². The van der Waals surface area contributed by atoms with Crippen molar-refractivity contribution in [3.05, 3.63) is 24.3 Å². The van der Waals surface area contributed by atoms with E-state index in [0.717, 1.165) is 32.1 Å². The lowest BCUT2D eigenvalue weighted by molar-refractivity contribution is -0.870. The molecule has 0 fully saturated rings. The van der Waals surface area contributed by atoms with Gasteiger partial charge in [-0.3, -0.25) is 13.8 Å². The summed E-state index contributed by atoms with van der Waals surface area (Å²) >= 11 is 0. The highest BCUT2D eigenvalue weighted by Gasteiger charge is 2.28. The van der Waals surface area contributed by atoms with Crippen LogP contribution in [0.5, 0.6) is 0 Å². The zero-order chi connectivity index (χ0) is 60.5. The van der Waals surface area contributed by atoms with Crippen molar-refractivity contribution in [1.82, 2.24) is 5.32 Å². The van der Waals surface area contributed by atoms with Gasteiger partial charge in [0, 0.05) is 6.42 Å². The number of phosphoric acid groups is 1. The zero-order valence-corrected chi connectivity index (χ0v) is 57.6. The Morgan fingerprint density at radius 2 is 0.651 bits per heavy atom. The minimum atomic E-state index is -4.35. The van der Waals surface area contributed by atoms with Crippen LogP contribution in [0, 0.1) is 0 Å². The molecule has 3 atom stereocenters. The maximum absolute atomic E-state index is 13.1. The number of rotatable bonds is 70. The molecule has 1 amide bonds. The lowest BCUT2D eigenvalue weighted by Crippen LogP contribution is -2.45. The highest BCUT2D eigenvalue weighted by atomic mass is 31.2. The number of unbranched alkanes of at least 4 members (excludes halogenated alkanes) is 55. The van der Waals surface area contributed by atoms with Crippen molar-refractivity contribution >= 4 is 13.7 Å². The van der Waals surface area contributed by atoms with Crippen molar-refractivity contribution < 1.29 is 32.9 Å². The Balaban J connectivity index is 3.99. The molecule has 0 saturated heterocycles. The van der Waals surface area contributed by atoms with E-state index in [9.17, 15) is 19.4 Å². The summed E-state index contributed by atoms with van der Waals surface area (Å²) in [6.07, 6.45) is 86.3. The van der Waals surface area contributed by atoms with Gasteiger partial charge in [-0.2, -0.15) is 0 Å². The molecule has 9 heteroatoms. The number of nitrogens with zero attached hydrogens (tertiary/aromatic N) is 1. The Kier molecular flexibility index (Phi) is 64.6. The van der Waals surface area contributed by atoms with Gasteiger partial charge in [-0.05, 0) is 44.9 Å². The first-order valence-corrected chi connectivity index (χ1v) is 38.7. The molecule has 0 rings (SSSR count). The third kappa shape index (κ3) is 68.3. The van der Waals surface area contributed by atoms with E-state index in [1.54, 1.807) is 6.08 Å². The number of carbonyl (C=O) groups excluding carboxylic acids is 1. The predicted molar refractivity (Wildman–Crippen MR) is 365 cm³/mol. The van der Waals surface area contributed by atoms with E-state index in [1.165, 1.54) is 340 Å². The van der Waals surface area contributed by atoms with Crippen LogP contribution >= 0.6 is 7.82 Å². The Morgan fingerprint density at radius 3 is 0.928 bits per heavy atom. The van der Waals surface area contributed by atoms with Crippen LogP contribution in [-0.4, -0.2) is 73.4 Å². The van der Waals surface area contributed by atoms with Crippen LogP contribution in [0.2, 0.25) is 0 Å². The fourth-order valence-electron chi connectivity index (χ4n) is 11.6. The van der Waals surface area contributed by atoms with Gasteiger partial charge < -0.3 is 19.8 Å². The highest BCUT2D eigenvalue weighted by Crippen LogP contribution is 2.43. The number of nitrogens with one attached hydrogen (secondary N) is 1. The van der Waals surface area contributed by atoms with Gasteiger partial charge >= 0.3 is 7.82 Å². The Morgan fingerprint density at radius 1 is 0.398 bits per heavy atom. The average Bonchev–Trinajstić information content (AvgIpc) is 3.49. The predicted octanol–water partition coefficient (Wildman–Crippen LogP) is 23.8. The first-order chi connectivity index (χ1) is 40.5. The van der Waals surface area contributed by atoms with Gasteiger partial charge in [-0.25, -0.2) is 4.57 Å². The summed E-state index contributed by atoms with van der Waals surface area (Å²) in [6.45, 7) is 4.89. The molecule has 8 nitrogen and oxygen atoms in total. The second kappa shape index (κ2) is 65.4. The summed E-state index contributed by atoms with van der Waals surface area (Å²) < 4.78 is 23.9. The molecular weight excluding hydrogens is 1040 g/mol. The van der Waals surface area contributed by atoms with Crippen LogP contribution in [0.4, 0.5) is 0 Å². The molecular formula is C74H148N2O6P+. The minimum absolute atomic E-state index is 0.0646. The van der Waals surface area contributed by atoms with E-state index < -0.39 is 20.0 Å². The third-order valence-electron chi connectivity index (χ3n) is 17.4. The number of hydrogen-bond donors (Lipinski definition) is 3. The van der Waals surface area contributed by atoms with Crippen LogP contribution < -0.4 is 5.32 Å². The number of amides is 1. The lowest BCUT2D eigenvalue weighted by atomic mass is 10.0. The van der Waals surface area contributed by atoms with E-state index >= 15 is 0 Å². The van der Waals surface area contributed by atoms with Gasteiger partial charge in [0.2, 0.25) is 5.91 Å². The molecule has 0 radical (unpaired) electrons. The Bertz CT molecular complexity index is 1400. The molecule has 0 aliphatic heterocycles. The SMILES string of the molecule is CCCCCCCCCC/C=C\CCCCCCCCCCCCCCCCCCCCCCCC(=O)NC(COP(=O)(O)OCC[N+](C)(C)C)C(O)/C=C/CCCCCCCCCCCCCCCCCCCCCCCCCCCC. The number of quaternary nitrogens is 1. The third-order valence-corrected chi connectivity index (χ3v) is 18.4. The molecule has 0 aliphatic rings. The van der Waals surface area contributed by atoms with Crippen molar-refractivity contribution in [3.63, 3.8) is 0 Å². The fraction of sp³-hybridized carbons (Fsp3) is 0.932. The summed E-state index contributed by atoms with van der Waals surface area (Å²) in [5, 5.41) is 14.0. The standard InChI is InChI=1S/C74H147N2O6P/c1-6-8-10-12-14-16-18-20-22-24-26-28-30-32-34-36-37-38-39-40-42-44-46-48-50-52-54-56-58-60-62-64-66-68-74(78)75-72(71-82-83(79,80)81-70-69-76(3,4)5)73(77)67-65-63-61-59-57-55-53-51-49-47-45-43-41-35-33-31-29-27-25-23-21-19-17-15-13-11-9-7-2/h24,26,65,67,72-73,77H,6-23,25,27-64,66,68-71H2,1-5H3,(H-,75,78,79,80)/p+1/b26-24-,67-65+. The van der Waals surface area contributed by atoms with Crippen LogP contribution in [0.3, 0.4) is 0 Å². The number of hydrogen-bond acceptors (Lipinski definition) is 5. The van der Waals surface area contributed by atoms with Gasteiger partial charge in [0.1, 0.15) is 13.2 Å².